The first-order valence-electron chi connectivity index (χ1n) is 7.09. The quantitative estimate of drug-likeness (QED) is 0.851. The molecule has 1 N–H and O–H groups in total. The number of thiazole rings is 1. The molecular weight excluding hydrogens is 256 g/mol. The van der Waals surface area contributed by atoms with Gasteiger partial charge in [-0.15, -0.1) is 11.3 Å². The molecular formula is C15H22N2OS. The van der Waals surface area contributed by atoms with Crippen LogP contribution in [0.2, 0.25) is 0 Å². The van der Waals surface area contributed by atoms with Crippen LogP contribution in [0.4, 0.5) is 0 Å². The van der Waals surface area contributed by atoms with Gasteiger partial charge in [0, 0.05) is 24.2 Å². The highest BCUT2D eigenvalue weighted by molar-refractivity contribution is 7.15. The summed E-state index contributed by atoms with van der Waals surface area (Å²) in [5.74, 6) is 0. The summed E-state index contributed by atoms with van der Waals surface area (Å²) in [6.45, 7) is 4.62. The standard InChI is InChI=1S/C15H22N2OS/c1-14(2)4-3-5-15(18,7-6-14)10-12-11-17-8-9-19-13(17)16-12/h8-9,11,18H,3-7,10H2,1-2H3. The van der Waals surface area contributed by atoms with Gasteiger partial charge < -0.3 is 5.11 Å². The zero-order valence-electron chi connectivity index (χ0n) is 11.7. The Morgan fingerprint density at radius 3 is 2.95 bits per heavy atom. The number of nitrogens with zero attached hydrogens (tertiary/aromatic N) is 2. The van der Waals surface area contributed by atoms with E-state index in [-0.39, 0.29) is 0 Å². The second-order valence-electron chi connectivity index (χ2n) is 6.74. The first kappa shape index (κ1) is 13.1. The second-order valence-corrected chi connectivity index (χ2v) is 7.62. The minimum Gasteiger partial charge on any atom is -0.389 e. The molecule has 0 aromatic carbocycles. The van der Waals surface area contributed by atoms with Crippen LogP contribution in [0, 0.1) is 5.41 Å². The van der Waals surface area contributed by atoms with Crippen LogP contribution >= 0.6 is 11.3 Å². The van der Waals surface area contributed by atoms with E-state index in [0.29, 0.717) is 11.8 Å². The Kier molecular flexibility index (Phi) is 3.18. The first-order chi connectivity index (χ1) is 8.96. The van der Waals surface area contributed by atoms with Crippen LogP contribution in [0.5, 0.6) is 0 Å². The summed E-state index contributed by atoms with van der Waals surface area (Å²) in [5.41, 5.74) is 0.839. The van der Waals surface area contributed by atoms with Crippen molar-refractivity contribution in [1.82, 2.24) is 9.38 Å². The van der Waals surface area contributed by atoms with Crippen LogP contribution in [-0.2, 0) is 6.42 Å². The maximum atomic E-state index is 10.9. The van der Waals surface area contributed by atoms with Gasteiger partial charge in [0.15, 0.2) is 4.96 Å². The minimum atomic E-state index is -0.558. The van der Waals surface area contributed by atoms with E-state index in [9.17, 15) is 5.11 Å². The molecule has 104 valence electrons. The molecule has 1 atom stereocenters. The van der Waals surface area contributed by atoms with Crippen molar-refractivity contribution in [3.8, 4) is 0 Å². The Morgan fingerprint density at radius 2 is 2.16 bits per heavy atom. The van der Waals surface area contributed by atoms with E-state index in [4.69, 9.17) is 0 Å². The third kappa shape index (κ3) is 2.84. The van der Waals surface area contributed by atoms with E-state index in [2.05, 4.69) is 25.0 Å². The van der Waals surface area contributed by atoms with Crippen LogP contribution in [0.15, 0.2) is 17.8 Å². The van der Waals surface area contributed by atoms with E-state index >= 15 is 0 Å². The summed E-state index contributed by atoms with van der Waals surface area (Å²) in [6, 6.07) is 0. The lowest BCUT2D eigenvalue weighted by atomic mass is 9.83. The van der Waals surface area contributed by atoms with Crippen LogP contribution in [0.3, 0.4) is 0 Å². The van der Waals surface area contributed by atoms with Gasteiger partial charge in [-0.1, -0.05) is 20.3 Å². The van der Waals surface area contributed by atoms with Crippen molar-refractivity contribution in [2.24, 2.45) is 5.41 Å². The maximum Gasteiger partial charge on any atom is 0.193 e. The number of fused-ring (bicyclic) bond motifs is 1. The molecule has 1 unspecified atom stereocenters. The van der Waals surface area contributed by atoms with Crippen molar-refractivity contribution in [1.29, 1.82) is 0 Å². The fourth-order valence-electron chi connectivity index (χ4n) is 3.09. The fourth-order valence-corrected chi connectivity index (χ4v) is 3.81. The normalized spacial score (nSPS) is 27.5. The maximum absolute atomic E-state index is 10.9. The first-order valence-corrected chi connectivity index (χ1v) is 7.97. The lowest BCUT2D eigenvalue weighted by Crippen LogP contribution is -2.31. The predicted molar refractivity (Wildman–Crippen MR) is 78.6 cm³/mol. The molecule has 0 radical (unpaired) electrons. The third-order valence-electron chi connectivity index (χ3n) is 4.42. The molecule has 0 amide bonds. The summed E-state index contributed by atoms with van der Waals surface area (Å²) in [6.07, 6.45) is 10.0. The molecule has 1 fully saturated rings. The number of aliphatic hydroxyl groups is 1. The highest BCUT2D eigenvalue weighted by Gasteiger charge is 2.34. The van der Waals surface area contributed by atoms with Crippen molar-refractivity contribution in [3.05, 3.63) is 23.5 Å². The second kappa shape index (κ2) is 4.60. The van der Waals surface area contributed by atoms with E-state index in [1.165, 1.54) is 6.42 Å². The molecule has 0 bridgehead atoms. The van der Waals surface area contributed by atoms with Gasteiger partial charge in [0.2, 0.25) is 0 Å². The Hall–Kier alpha value is -0.870. The zero-order chi connectivity index (χ0) is 13.5. The molecule has 2 aromatic rings. The smallest absolute Gasteiger partial charge is 0.193 e. The molecule has 2 heterocycles. The van der Waals surface area contributed by atoms with E-state index in [1.54, 1.807) is 11.3 Å². The van der Waals surface area contributed by atoms with E-state index < -0.39 is 5.60 Å². The Labute approximate surface area is 118 Å². The molecule has 1 aliphatic rings. The van der Waals surface area contributed by atoms with Gasteiger partial charge in [-0.3, -0.25) is 4.40 Å². The zero-order valence-corrected chi connectivity index (χ0v) is 12.5. The minimum absolute atomic E-state index is 0.374. The average Bonchev–Trinajstić information content (AvgIpc) is 2.83. The van der Waals surface area contributed by atoms with Crippen LogP contribution in [0.1, 0.15) is 51.6 Å². The predicted octanol–water partition coefficient (Wildman–Crippen LogP) is 3.66. The van der Waals surface area contributed by atoms with Crippen molar-refractivity contribution >= 4 is 16.3 Å². The van der Waals surface area contributed by atoms with Crippen molar-refractivity contribution < 1.29 is 5.11 Å². The highest BCUT2D eigenvalue weighted by Crippen LogP contribution is 2.39. The van der Waals surface area contributed by atoms with Gasteiger partial charge in [0.25, 0.3) is 0 Å². The number of hydrogen-bond donors (Lipinski definition) is 1. The molecule has 0 aliphatic heterocycles. The highest BCUT2D eigenvalue weighted by atomic mass is 32.1. The monoisotopic (exact) mass is 278 g/mol. The molecule has 3 nitrogen and oxygen atoms in total. The fraction of sp³-hybridized carbons (Fsp3) is 0.667. The average molecular weight is 278 g/mol. The number of rotatable bonds is 2. The van der Waals surface area contributed by atoms with Crippen molar-refractivity contribution in [3.63, 3.8) is 0 Å². The van der Waals surface area contributed by atoms with Crippen molar-refractivity contribution in [2.75, 3.05) is 0 Å². The van der Waals surface area contributed by atoms with Crippen molar-refractivity contribution in [2.45, 2.75) is 58.0 Å². The van der Waals surface area contributed by atoms with Gasteiger partial charge in [-0.05, 0) is 31.1 Å². The molecule has 0 spiro atoms. The van der Waals surface area contributed by atoms with Gasteiger partial charge in [-0.25, -0.2) is 4.98 Å². The van der Waals surface area contributed by atoms with Crippen LogP contribution in [0.25, 0.3) is 4.96 Å². The number of imidazole rings is 1. The summed E-state index contributed by atoms with van der Waals surface area (Å²) >= 11 is 1.64. The van der Waals surface area contributed by atoms with Crippen LogP contribution < -0.4 is 0 Å². The van der Waals surface area contributed by atoms with Crippen LogP contribution in [-0.4, -0.2) is 20.1 Å². The molecule has 0 saturated heterocycles. The summed E-state index contributed by atoms with van der Waals surface area (Å²) in [4.78, 5) is 5.62. The molecule has 1 saturated carbocycles. The van der Waals surface area contributed by atoms with Gasteiger partial charge in [0.05, 0.1) is 11.3 Å². The van der Waals surface area contributed by atoms with Gasteiger partial charge in [0.1, 0.15) is 0 Å². The van der Waals surface area contributed by atoms with Gasteiger partial charge >= 0.3 is 0 Å². The third-order valence-corrected chi connectivity index (χ3v) is 5.19. The van der Waals surface area contributed by atoms with E-state index in [1.807, 2.05) is 16.0 Å². The number of hydrogen-bond acceptors (Lipinski definition) is 3. The Bertz CT molecular complexity index is 543. The molecule has 19 heavy (non-hydrogen) atoms. The summed E-state index contributed by atoms with van der Waals surface area (Å²) in [7, 11) is 0. The molecule has 2 aromatic heterocycles. The SMILES string of the molecule is CC1(C)CCCC(O)(Cc2cn3ccsc3n2)CC1. The van der Waals surface area contributed by atoms with Gasteiger partial charge in [-0.2, -0.15) is 0 Å². The number of aromatic nitrogens is 2. The molecule has 3 rings (SSSR count). The topological polar surface area (TPSA) is 37.5 Å². The summed E-state index contributed by atoms with van der Waals surface area (Å²) < 4.78 is 2.05. The van der Waals surface area contributed by atoms with E-state index in [0.717, 1.165) is 36.3 Å². The Balaban J connectivity index is 1.75. The Morgan fingerprint density at radius 1 is 1.32 bits per heavy atom. The molecule has 1 aliphatic carbocycles. The largest absolute Gasteiger partial charge is 0.389 e. The molecule has 4 heteroatoms. The lowest BCUT2D eigenvalue weighted by Gasteiger charge is -2.27. The summed E-state index contributed by atoms with van der Waals surface area (Å²) in [5, 5.41) is 12.9. The lowest BCUT2D eigenvalue weighted by molar-refractivity contribution is 0.0218.